The van der Waals surface area contributed by atoms with E-state index in [1.165, 1.54) is 42.4 Å². The third-order valence-electron chi connectivity index (χ3n) is 6.50. The molecule has 6 nitrogen and oxygen atoms in total. The van der Waals surface area contributed by atoms with Crippen LogP contribution in [0, 0.1) is 5.92 Å². The van der Waals surface area contributed by atoms with E-state index in [1.54, 1.807) is 0 Å². The summed E-state index contributed by atoms with van der Waals surface area (Å²) in [5.41, 5.74) is 10.4. The van der Waals surface area contributed by atoms with Crippen molar-refractivity contribution in [1.29, 1.82) is 0 Å². The lowest BCUT2D eigenvalue weighted by atomic mass is 10.0. The molecular weight excluding hydrogens is 483 g/mol. The average Bonchev–Trinajstić information content (AvgIpc) is 3.39. The van der Waals surface area contributed by atoms with Crippen LogP contribution in [0.3, 0.4) is 0 Å². The van der Waals surface area contributed by atoms with Gasteiger partial charge in [-0.3, -0.25) is 4.79 Å². The molecule has 37 heavy (non-hydrogen) atoms. The lowest BCUT2D eigenvalue weighted by Gasteiger charge is -2.25. The molecule has 0 bridgehead atoms. The van der Waals surface area contributed by atoms with E-state index in [9.17, 15) is 18.0 Å². The van der Waals surface area contributed by atoms with E-state index in [1.807, 2.05) is 4.90 Å². The van der Waals surface area contributed by atoms with Crippen molar-refractivity contribution in [2.45, 2.75) is 57.8 Å². The van der Waals surface area contributed by atoms with Gasteiger partial charge in [0.15, 0.2) is 0 Å². The highest BCUT2D eigenvalue weighted by atomic mass is 19.4. The fraction of sp³-hybridized carbons (Fsp3) is 0.500. The van der Waals surface area contributed by atoms with Gasteiger partial charge in [-0.15, -0.1) is 0 Å². The van der Waals surface area contributed by atoms with Crippen molar-refractivity contribution >= 4 is 11.9 Å². The van der Waals surface area contributed by atoms with Crippen LogP contribution in [0.2, 0.25) is 0 Å². The van der Waals surface area contributed by atoms with Crippen molar-refractivity contribution in [1.82, 2.24) is 9.80 Å². The first kappa shape index (κ1) is 30.3. The molecule has 0 spiro atoms. The molecule has 2 aromatic carbocycles. The molecule has 0 saturated heterocycles. The van der Waals surface area contributed by atoms with Crippen LogP contribution in [0.25, 0.3) is 11.1 Å². The molecular formula is C28H38F3N3O3. The van der Waals surface area contributed by atoms with Gasteiger partial charge in [-0.05, 0) is 48.7 Å². The molecule has 2 aromatic rings. The minimum Gasteiger partial charge on any atom is -0.475 e. The fourth-order valence-corrected chi connectivity index (χ4v) is 4.25. The van der Waals surface area contributed by atoms with Gasteiger partial charge in [0.2, 0.25) is 5.91 Å². The molecule has 3 rings (SSSR count). The number of likely N-dealkylation sites (N-methyl/N-ethyl adjacent to an activating group) is 1. The minimum absolute atomic E-state index is 0.296. The number of alkyl halides is 3. The maximum Gasteiger partial charge on any atom is 0.490 e. The zero-order chi connectivity index (χ0) is 27.4. The molecule has 204 valence electrons. The highest BCUT2D eigenvalue weighted by Crippen LogP contribution is 2.29. The third-order valence-corrected chi connectivity index (χ3v) is 6.50. The second-order valence-corrected chi connectivity index (χ2v) is 9.71. The molecule has 0 aliphatic heterocycles. The highest BCUT2D eigenvalue weighted by molar-refractivity contribution is 5.76. The number of carbonyl (C=O) groups excluding carboxylic acids is 1. The largest absolute Gasteiger partial charge is 0.490 e. The van der Waals surface area contributed by atoms with Gasteiger partial charge in [0.05, 0.1) is 0 Å². The van der Waals surface area contributed by atoms with Crippen LogP contribution >= 0.6 is 0 Å². The lowest BCUT2D eigenvalue weighted by Crippen LogP contribution is -2.36. The van der Waals surface area contributed by atoms with Crippen LogP contribution in [-0.2, 0) is 22.7 Å². The Kier molecular flexibility index (Phi) is 12.1. The number of benzene rings is 2. The second-order valence-electron chi connectivity index (χ2n) is 9.71. The number of aliphatic carboxylic acids is 1. The van der Waals surface area contributed by atoms with Gasteiger partial charge >= 0.3 is 12.1 Å². The Morgan fingerprint density at radius 1 is 0.919 bits per heavy atom. The normalized spacial score (nSPS) is 13.8. The predicted molar refractivity (Wildman–Crippen MR) is 139 cm³/mol. The van der Waals surface area contributed by atoms with E-state index in [0.29, 0.717) is 25.4 Å². The monoisotopic (exact) mass is 521 g/mol. The van der Waals surface area contributed by atoms with Gasteiger partial charge in [0, 0.05) is 32.6 Å². The average molecular weight is 522 g/mol. The van der Waals surface area contributed by atoms with E-state index < -0.39 is 12.1 Å². The van der Waals surface area contributed by atoms with Crippen LogP contribution in [0.4, 0.5) is 13.2 Å². The Morgan fingerprint density at radius 3 is 1.84 bits per heavy atom. The van der Waals surface area contributed by atoms with Gasteiger partial charge in [-0.25, -0.2) is 4.79 Å². The molecule has 0 unspecified atom stereocenters. The van der Waals surface area contributed by atoms with Crippen LogP contribution in [0.1, 0.15) is 49.7 Å². The summed E-state index contributed by atoms with van der Waals surface area (Å²) >= 11 is 0. The van der Waals surface area contributed by atoms with Crippen molar-refractivity contribution in [3.05, 3.63) is 59.7 Å². The van der Waals surface area contributed by atoms with Crippen LogP contribution < -0.4 is 5.73 Å². The van der Waals surface area contributed by atoms with Crippen LogP contribution in [-0.4, -0.2) is 60.1 Å². The first-order chi connectivity index (χ1) is 17.5. The molecule has 1 saturated carbocycles. The van der Waals surface area contributed by atoms with Crippen LogP contribution in [0.5, 0.6) is 0 Å². The third kappa shape index (κ3) is 10.9. The summed E-state index contributed by atoms with van der Waals surface area (Å²) in [5.74, 6) is -1.70. The van der Waals surface area contributed by atoms with Crippen molar-refractivity contribution in [2.24, 2.45) is 11.7 Å². The summed E-state index contributed by atoms with van der Waals surface area (Å²) in [6.45, 7) is 2.92. The number of carboxylic acid groups (broad SMARTS) is 1. The number of hydrogen-bond donors (Lipinski definition) is 2. The van der Waals surface area contributed by atoms with Gasteiger partial charge in [0.1, 0.15) is 0 Å². The standard InChI is InChI=1S/C26H37N3O.C2HF3O2/c1-28(2)17-18-29(26(30)16-11-21-5-3-4-6-21)20-23-9-14-25(15-10-23)24-12-7-22(19-27)8-13-24;3-2(4,5)1(6)7/h7-10,12-15,21H,3-6,11,16-20,27H2,1-2H3;(H,6,7). The van der Waals surface area contributed by atoms with Gasteiger partial charge in [0.25, 0.3) is 0 Å². The zero-order valence-corrected chi connectivity index (χ0v) is 21.6. The van der Waals surface area contributed by atoms with Gasteiger partial charge in [-0.1, -0.05) is 74.2 Å². The molecule has 3 N–H and O–H groups in total. The summed E-state index contributed by atoms with van der Waals surface area (Å²) < 4.78 is 31.7. The summed E-state index contributed by atoms with van der Waals surface area (Å²) in [7, 11) is 4.12. The number of carboxylic acids is 1. The second kappa shape index (κ2) is 14.7. The number of nitrogens with two attached hydrogens (primary N) is 1. The number of carbonyl (C=O) groups is 2. The molecule has 0 heterocycles. The maximum atomic E-state index is 13.0. The number of nitrogens with zero attached hydrogens (tertiary/aromatic N) is 2. The SMILES string of the molecule is CN(C)CCN(Cc1ccc(-c2ccc(CN)cc2)cc1)C(=O)CCC1CCCC1.O=C(O)C(F)(F)F. The Balaban J connectivity index is 0.000000604. The maximum absolute atomic E-state index is 13.0. The van der Waals surface area contributed by atoms with Crippen LogP contribution in [0.15, 0.2) is 48.5 Å². The first-order valence-electron chi connectivity index (χ1n) is 12.6. The summed E-state index contributed by atoms with van der Waals surface area (Å²) in [6, 6.07) is 17.0. The zero-order valence-electron chi connectivity index (χ0n) is 21.6. The van der Waals surface area contributed by atoms with E-state index in [-0.39, 0.29) is 0 Å². The molecule has 0 atom stereocenters. The number of rotatable bonds is 10. The Bertz CT molecular complexity index is 971. The van der Waals surface area contributed by atoms with E-state index in [0.717, 1.165) is 31.0 Å². The lowest BCUT2D eigenvalue weighted by molar-refractivity contribution is -0.192. The Hall–Kier alpha value is -2.91. The Labute approximate surface area is 217 Å². The quantitative estimate of drug-likeness (QED) is 0.443. The first-order valence-corrected chi connectivity index (χ1v) is 12.6. The number of halogens is 3. The molecule has 1 fully saturated rings. The van der Waals surface area contributed by atoms with E-state index in [4.69, 9.17) is 15.6 Å². The van der Waals surface area contributed by atoms with Crippen molar-refractivity contribution in [3.8, 4) is 11.1 Å². The molecule has 1 amide bonds. The summed E-state index contributed by atoms with van der Waals surface area (Å²) in [6.07, 6.45) is 1.94. The molecule has 1 aliphatic carbocycles. The topological polar surface area (TPSA) is 86.9 Å². The van der Waals surface area contributed by atoms with E-state index >= 15 is 0 Å². The number of amides is 1. The van der Waals surface area contributed by atoms with Gasteiger partial charge < -0.3 is 20.6 Å². The summed E-state index contributed by atoms with van der Waals surface area (Å²) in [4.78, 5) is 26.0. The highest BCUT2D eigenvalue weighted by Gasteiger charge is 2.38. The molecule has 9 heteroatoms. The van der Waals surface area contributed by atoms with Crippen molar-refractivity contribution in [2.75, 3.05) is 27.2 Å². The summed E-state index contributed by atoms with van der Waals surface area (Å²) in [5, 5.41) is 7.12. The van der Waals surface area contributed by atoms with Crippen molar-refractivity contribution < 1.29 is 27.9 Å². The molecule has 0 radical (unpaired) electrons. The fourth-order valence-electron chi connectivity index (χ4n) is 4.25. The predicted octanol–water partition coefficient (Wildman–Crippen LogP) is 5.31. The minimum atomic E-state index is -5.08. The smallest absolute Gasteiger partial charge is 0.475 e. The van der Waals surface area contributed by atoms with Crippen molar-refractivity contribution in [3.63, 3.8) is 0 Å². The molecule has 1 aliphatic rings. The van der Waals surface area contributed by atoms with Gasteiger partial charge in [-0.2, -0.15) is 13.2 Å². The number of hydrogen-bond acceptors (Lipinski definition) is 4. The Morgan fingerprint density at radius 2 is 1.41 bits per heavy atom. The van der Waals surface area contributed by atoms with E-state index in [2.05, 4.69) is 67.5 Å². The molecule has 0 aromatic heterocycles.